The molecule has 166 valence electrons. The molecule has 0 aromatic carbocycles. The average Bonchev–Trinajstić information content (AvgIpc) is 3.05. The van der Waals surface area contributed by atoms with E-state index >= 15 is 0 Å². The molecule has 3 saturated carbocycles. The van der Waals surface area contributed by atoms with Crippen molar-refractivity contribution in [3.8, 4) is 0 Å². The molecule has 3 fully saturated rings. The summed E-state index contributed by atoms with van der Waals surface area (Å²) in [5.41, 5.74) is 9.14. The third-order valence-electron chi connectivity index (χ3n) is 10.1. The fraction of sp³-hybridized carbons (Fsp3) is 0.926. The van der Waals surface area contributed by atoms with Crippen LogP contribution in [-0.2, 0) is 4.74 Å². The van der Waals surface area contributed by atoms with Crippen molar-refractivity contribution in [2.45, 2.75) is 117 Å². The van der Waals surface area contributed by atoms with Crippen LogP contribution in [0.2, 0.25) is 0 Å². The molecular weight excluding hydrogens is 354 g/mol. The summed E-state index contributed by atoms with van der Waals surface area (Å²) in [4.78, 5) is 0. The van der Waals surface area contributed by atoms with Crippen molar-refractivity contribution in [1.29, 1.82) is 0 Å². The largest absolute Gasteiger partial charge is 0.378 e. The molecule has 2 heteroatoms. The molecule has 4 aliphatic carbocycles. The summed E-state index contributed by atoms with van der Waals surface area (Å²) in [5.74, 6) is 3.44. The number of fused-ring (bicyclic) bond motifs is 5. The maximum absolute atomic E-state index is 6.45. The fourth-order valence-electron chi connectivity index (χ4n) is 8.45. The number of ether oxygens (including phenoxy) is 1. The van der Waals surface area contributed by atoms with E-state index in [0.717, 1.165) is 30.3 Å². The summed E-state index contributed by atoms with van der Waals surface area (Å²) in [6, 6.07) is 0.358. The number of allylic oxidation sites excluding steroid dienone is 1. The van der Waals surface area contributed by atoms with Crippen LogP contribution >= 0.6 is 0 Å². The Balaban J connectivity index is 1.42. The zero-order chi connectivity index (χ0) is 20.6. The Bertz CT molecular complexity index is 597. The Kier molecular flexibility index (Phi) is 6.53. The van der Waals surface area contributed by atoms with Gasteiger partial charge in [-0.1, -0.05) is 51.7 Å². The monoisotopic (exact) mass is 401 g/mol. The molecule has 0 aliphatic heterocycles. The standard InChI is InChI=1S/C27H47NO/c1-5-6-7-8-17-29-21-13-15-26(3)20(18-21)9-10-22-24-12-11-23(19(2)28)27(24,4)16-14-25(22)26/h9,19,21-25H,5-8,10-18,28H2,1-4H3/t19-,21+,22?,23-,24?,25?,26+,27-/m1/s1. The Morgan fingerprint density at radius 2 is 1.90 bits per heavy atom. The minimum atomic E-state index is 0.358. The van der Waals surface area contributed by atoms with Crippen molar-refractivity contribution in [2.75, 3.05) is 6.61 Å². The second kappa shape index (κ2) is 8.65. The average molecular weight is 402 g/mol. The Labute approximate surface area is 180 Å². The first-order valence-corrected chi connectivity index (χ1v) is 13.0. The first-order chi connectivity index (χ1) is 13.9. The SMILES string of the molecule is CCCCCCO[C@H]1CC[C@@]2(C)C(=CCC3C2CC[C@@]2(C)C3CC[C@@H]2[C@@H](C)N)C1. The third-order valence-corrected chi connectivity index (χ3v) is 10.1. The van der Waals surface area contributed by atoms with Gasteiger partial charge in [0.05, 0.1) is 6.10 Å². The Hall–Kier alpha value is -0.340. The summed E-state index contributed by atoms with van der Waals surface area (Å²) in [7, 11) is 0. The lowest BCUT2D eigenvalue weighted by Crippen LogP contribution is -2.51. The number of unbranched alkanes of at least 4 members (excludes halogenated alkanes) is 3. The zero-order valence-electron chi connectivity index (χ0n) is 19.7. The molecule has 2 nitrogen and oxygen atoms in total. The summed E-state index contributed by atoms with van der Waals surface area (Å²) in [6.07, 6.45) is 19.2. The van der Waals surface area contributed by atoms with E-state index in [0.29, 0.717) is 23.0 Å². The van der Waals surface area contributed by atoms with Gasteiger partial charge in [0.2, 0.25) is 0 Å². The van der Waals surface area contributed by atoms with E-state index < -0.39 is 0 Å². The smallest absolute Gasteiger partial charge is 0.0612 e. The van der Waals surface area contributed by atoms with Gasteiger partial charge in [-0.05, 0) is 99.2 Å². The molecule has 0 bridgehead atoms. The molecule has 0 aromatic rings. The van der Waals surface area contributed by atoms with Gasteiger partial charge in [-0.25, -0.2) is 0 Å². The summed E-state index contributed by atoms with van der Waals surface area (Å²) >= 11 is 0. The molecule has 0 aromatic heterocycles. The number of hydrogen-bond donors (Lipinski definition) is 1. The Morgan fingerprint density at radius 1 is 1.07 bits per heavy atom. The highest BCUT2D eigenvalue weighted by Gasteiger charge is 2.58. The van der Waals surface area contributed by atoms with E-state index in [1.165, 1.54) is 77.0 Å². The summed E-state index contributed by atoms with van der Waals surface area (Å²) < 4.78 is 6.33. The van der Waals surface area contributed by atoms with Gasteiger partial charge in [-0.15, -0.1) is 0 Å². The maximum atomic E-state index is 6.45. The predicted molar refractivity (Wildman–Crippen MR) is 123 cm³/mol. The van der Waals surface area contributed by atoms with Crippen molar-refractivity contribution in [3.05, 3.63) is 11.6 Å². The van der Waals surface area contributed by atoms with Gasteiger partial charge in [-0.2, -0.15) is 0 Å². The minimum Gasteiger partial charge on any atom is -0.378 e. The van der Waals surface area contributed by atoms with Crippen LogP contribution in [0.25, 0.3) is 0 Å². The lowest BCUT2D eigenvalue weighted by Gasteiger charge is -2.58. The summed E-state index contributed by atoms with van der Waals surface area (Å²) in [6.45, 7) is 10.7. The lowest BCUT2D eigenvalue weighted by molar-refractivity contribution is -0.0598. The van der Waals surface area contributed by atoms with Gasteiger partial charge in [0.1, 0.15) is 0 Å². The van der Waals surface area contributed by atoms with Crippen LogP contribution in [0.5, 0.6) is 0 Å². The van der Waals surface area contributed by atoms with Crippen LogP contribution in [0, 0.1) is 34.5 Å². The number of hydrogen-bond acceptors (Lipinski definition) is 2. The van der Waals surface area contributed by atoms with Crippen LogP contribution in [0.15, 0.2) is 11.6 Å². The molecule has 0 saturated heterocycles. The number of nitrogens with two attached hydrogens (primary N) is 1. The lowest BCUT2D eigenvalue weighted by atomic mass is 9.47. The molecule has 4 rings (SSSR count). The maximum Gasteiger partial charge on any atom is 0.0612 e. The minimum absolute atomic E-state index is 0.358. The molecular formula is C27H47NO. The highest BCUT2D eigenvalue weighted by Crippen LogP contribution is 2.66. The normalized spacial score (nSPS) is 45.1. The Morgan fingerprint density at radius 3 is 2.66 bits per heavy atom. The molecule has 0 spiro atoms. The van der Waals surface area contributed by atoms with Gasteiger partial charge in [0.15, 0.2) is 0 Å². The van der Waals surface area contributed by atoms with Gasteiger partial charge < -0.3 is 10.5 Å². The molecule has 0 amide bonds. The van der Waals surface area contributed by atoms with Crippen molar-refractivity contribution in [1.82, 2.24) is 0 Å². The van der Waals surface area contributed by atoms with E-state index in [2.05, 4.69) is 33.8 Å². The molecule has 8 atom stereocenters. The fourth-order valence-corrected chi connectivity index (χ4v) is 8.45. The van der Waals surface area contributed by atoms with Crippen molar-refractivity contribution in [2.24, 2.45) is 40.2 Å². The molecule has 2 N–H and O–H groups in total. The predicted octanol–water partition coefficient (Wildman–Crippen LogP) is 6.88. The summed E-state index contributed by atoms with van der Waals surface area (Å²) in [5, 5.41) is 0. The second-order valence-corrected chi connectivity index (χ2v) is 11.6. The van der Waals surface area contributed by atoms with E-state index in [1.807, 2.05) is 0 Å². The van der Waals surface area contributed by atoms with Gasteiger partial charge in [0.25, 0.3) is 0 Å². The van der Waals surface area contributed by atoms with E-state index in [4.69, 9.17) is 10.5 Å². The van der Waals surface area contributed by atoms with Crippen molar-refractivity contribution < 1.29 is 4.74 Å². The van der Waals surface area contributed by atoms with E-state index in [-0.39, 0.29) is 0 Å². The second-order valence-electron chi connectivity index (χ2n) is 11.6. The van der Waals surface area contributed by atoms with Gasteiger partial charge in [-0.3, -0.25) is 0 Å². The first kappa shape index (κ1) is 21.9. The van der Waals surface area contributed by atoms with Crippen LogP contribution in [0.4, 0.5) is 0 Å². The highest BCUT2D eigenvalue weighted by atomic mass is 16.5. The first-order valence-electron chi connectivity index (χ1n) is 13.0. The van der Waals surface area contributed by atoms with Gasteiger partial charge in [0, 0.05) is 12.6 Å². The van der Waals surface area contributed by atoms with Crippen molar-refractivity contribution >= 4 is 0 Å². The van der Waals surface area contributed by atoms with Crippen LogP contribution in [-0.4, -0.2) is 18.8 Å². The zero-order valence-corrected chi connectivity index (χ0v) is 19.7. The third kappa shape index (κ3) is 3.86. The van der Waals surface area contributed by atoms with Crippen LogP contribution < -0.4 is 5.73 Å². The van der Waals surface area contributed by atoms with E-state index in [1.54, 1.807) is 5.57 Å². The van der Waals surface area contributed by atoms with E-state index in [9.17, 15) is 0 Å². The molecule has 4 aliphatic rings. The topological polar surface area (TPSA) is 35.2 Å². The van der Waals surface area contributed by atoms with Crippen molar-refractivity contribution in [3.63, 3.8) is 0 Å². The van der Waals surface area contributed by atoms with Crippen LogP contribution in [0.3, 0.4) is 0 Å². The molecule has 0 radical (unpaired) electrons. The quantitative estimate of drug-likeness (QED) is 0.373. The van der Waals surface area contributed by atoms with Crippen LogP contribution in [0.1, 0.15) is 105 Å². The molecule has 0 heterocycles. The molecule has 29 heavy (non-hydrogen) atoms. The number of rotatable bonds is 7. The highest BCUT2D eigenvalue weighted by molar-refractivity contribution is 5.25. The molecule has 3 unspecified atom stereocenters. The van der Waals surface area contributed by atoms with Gasteiger partial charge >= 0.3 is 0 Å².